The summed E-state index contributed by atoms with van der Waals surface area (Å²) in [5, 5.41) is 2.60. The minimum absolute atomic E-state index is 0.101. The van der Waals surface area contributed by atoms with Gasteiger partial charge >= 0.3 is 11.9 Å². The van der Waals surface area contributed by atoms with Crippen LogP contribution in [0.1, 0.15) is 39.0 Å². The molecule has 0 unspecified atom stereocenters. The third-order valence-corrected chi connectivity index (χ3v) is 4.12. The molecule has 2 rings (SSSR count). The molecule has 0 saturated heterocycles. The van der Waals surface area contributed by atoms with Crippen molar-refractivity contribution < 1.29 is 33.3 Å². The molecule has 1 aromatic carbocycles. The van der Waals surface area contributed by atoms with Gasteiger partial charge in [-0.2, -0.15) is 0 Å². The van der Waals surface area contributed by atoms with Gasteiger partial charge in [-0.3, -0.25) is 4.79 Å². The molecule has 0 saturated carbocycles. The molecule has 156 valence electrons. The molecule has 0 spiro atoms. The van der Waals surface area contributed by atoms with Gasteiger partial charge in [0.15, 0.2) is 18.1 Å². The lowest BCUT2D eigenvalue weighted by molar-refractivity contribution is -0.119. The summed E-state index contributed by atoms with van der Waals surface area (Å²) in [6, 6.07) is 4.86. The maximum atomic E-state index is 12.3. The second-order valence-corrected chi connectivity index (χ2v) is 6.04. The number of nitrogens with one attached hydrogen (secondary N) is 2. The molecule has 0 radical (unpaired) electrons. The van der Waals surface area contributed by atoms with E-state index >= 15 is 0 Å². The quantitative estimate of drug-likeness (QED) is 0.650. The van der Waals surface area contributed by atoms with E-state index in [4.69, 9.17) is 18.9 Å². The summed E-state index contributed by atoms with van der Waals surface area (Å²) in [6.07, 6.45) is 0. The van der Waals surface area contributed by atoms with Gasteiger partial charge in [0.25, 0.3) is 5.91 Å². The Hall–Kier alpha value is -3.49. The van der Waals surface area contributed by atoms with Crippen molar-refractivity contribution >= 4 is 23.5 Å². The summed E-state index contributed by atoms with van der Waals surface area (Å²) in [5.41, 5.74) is 1.74. The van der Waals surface area contributed by atoms with Crippen molar-refractivity contribution in [2.75, 3.05) is 32.8 Å². The summed E-state index contributed by atoms with van der Waals surface area (Å²) < 4.78 is 20.4. The zero-order chi connectivity index (χ0) is 21.6. The maximum Gasteiger partial charge on any atom is 0.355 e. The molecule has 1 amide bonds. The first-order valence-electron chi connectivity index (χ1n) is 8.87. The van der Waals surface area contributed by atoms with Crippen molar-refractivity contribution in [3.8, 4) is 11.5 Å². The number of amides is 1. The fraction of sp³-hybridized carbons (Fsp3) is 0.350. The SMILES string of the molecule is CCOC(=O)c1c(C)[nH]c(C(=O)OCC(=O)Nc2ccc(OC)c(OC)c2)c1C. The molecule has 9 heteroatoms. The Balaban J connectivity index is 2.01. The van der Waals surface area contributed by atoms with E-state index in [9.17, 15) is 14.4 Å². The number of hydrogen-bond donors (Lipinski definition) is 2. The van der Waals surface area contributed by atoms with E-state index in [0.29, 0.717) is 28.4 Å². The Morgan fingerprint density at radius 1 is 1.00 bits per heavy atom. The van der Waals surface area contributed by atoms with E-state index in [2.05, 4.69) is 10.3 Å². The topological polar surface area (TPSA) is 116 Å². The Morgan fingerprint density at radius 3 is 2.31 bits per heavy atom. The number of benzene rings is 1. The van der Waals surface area contributed by atoms with E-state index < -0.39 is 24.5 Å². The number of ether oxygens (including phenoxy) is 4. The van der Waals surface area contributed by atoms with Crippen molar-refractivity contribution in [1.29, 1.82) is 0 Å². The number of aromatic nitrogens is 1. The maximum absolute atomic E-state index is 12.3. The van der Waals surface area contributed by atoms with Crippen LogP contribution in [-0.2, 0) is 14.3 Å². The number of H-pyrrole nitrogens is 1. The van der Waals surface area contributed by atoms with Crippen molar-refractivity contribution in [2.24, 2.45) is 0 Å². The highest BCUT2D eigenvalue weighted by molar-refractivity contribution is 5.99. The molecule has 0 aliphatic heterocycles. The number of aromatic amines is 1. The molecule has 9 nitrogen and oxygen atoms in total. The normalized spacial score (nSPS) is 10.2. The molecule has 0 atom stereocenters. The monoisotopic (exact) mass is 404 g/mol. The van der Waals surface area contributed by atoms with Crippen molar-refractivity contribution in [3.63, 3.8) is 0 Å². The van der Waals surface area contributed by atoms with E-state index in [-0.39, 0.29) is 17.9 Å². The van der Waals surface area contributed by atoms with E-state index in [1.54, 1.807) is 39.0 Å². The van der Waals surface area contributed by atoms with Crippen LogP contribution in [0.3, 0.4) is 0 Å². The molecule has 1 heterocycles. The standard InChI is InChI=1S/C20H24N2O7/c1-6-28-19(24)17-11(2)18(21-12(17)3)20(25)29-10-16(23)22-13-7-8-14(26-4)15(9-13)27-5/h7-9,21H,6,10H2,1-5H3,(H,22,23). The summed E-state index contributed by atoms with van der Waals surface area (Å²) in [4.78, 5) is 39.3. The predicted octanol–water partition coefficient (Wildman–Crippen LogP) is 2.62. The minimum Gasteiger partial charge on any atom is -0.493 e. The number of rotatable bonds is 8. The second kappa shape index (κ2) is 9.63. The zero-order valence-corrected chi connectivity index (χ0v) is 17.0. The third kappa shape index (κ3) is 5.07. The van der Waals surface area contributed by atoms with Crippen LogP contribution in [0.25, 0.3) is 0 Å². The van der Waals surface area contributed by atoms with Crippen molar-refractivity contribution in [3.05, 3.63) is 40.7 Å². The van der Waals surface area contributed by atoms with Crippen LogP contribution in [0.2, 0.25) is 0 Å². The van der Waals surface area contributed by atoms with E-state index in [0.717, 1.165) is 0 Å². The van der Waals surface area contributed by atoms with Gasteiger partial charge in [0.1, 0.15) is 5.69 Å². The summed E-state index contributed by atoms with van der Waals surface area (Å²) >= 11 is 0. The fourth-order valence-electron chi connectivity index (χ4n) is 2.78. The van der Waals surface area contributed by atoms with Crippen LogP contribution in [0.4, 0.5) is 5.69 Å². The second-order valence-electron chi connectivity index (χ2n) is 6.04. The summed E-state index contributed by atoms with van der Waals surface area (Å²) in [5.74, 6) is -0.831. The van der Waals surface area contributed by atoms with Gasteiger partial charge in [0, 0.05) is 17.4 Å². The van der Waals surface area contributed by atoms with Crippen LogP contribution in [0.5, 0.6) is 11.5 Å². The molecule has 0 aliphatic carbocycles. The van der Waals surface area contributed by atoms with Crippen LogP contribution >= 0.6 is 0 Å². The van der Waals surface area contributed by atoms with Gasteiger partial charge in [-0.15, -0.1) is 0 Å². The Morgan fingerprint density at radius 2 is 1.69 bits per heavy atom. The zero-order valence-electron chi connectivity index (χ0n) is 17.0. The summed E-state index contributed by atoms with van der Waals surface area (Å²) in [7, 11) is 2.99. The van der Waals surface area contributed by atoms with Gasteiger partial charge in [0.2, 0.25) is 0 Å². The average Bonchev–Trinajstić information content (AvgIpc) is 3.00. The smallest absolute Gasteiger partial charge is 0.355 e. The lowest BCUT2D eigenvalue weighted by Gasteiger charge is -2.10. The van der Waals surface area contributed by atoms with E-state index in [1.807, 2.05) is 0 Å². The molecule has 2 N–H and O–H groups in total. The van der Waals surface area contributed by atoms with Gasteiger partial charge in [-0.25, -0.2) is 9.59 Å². The first-order chi connectivity index (χ1) is 13.8. The van der Waals surface area contributed by atoms with Crippen LogP contribution in [0.15, 0.2) is 18.2 Å². The lowest BCUT2D eigenvalue weighted by Crippen LogP contribution is -2.21. The highest BCUT2D eigenvalue weighted by Gasteiger charge is 2.24. The number of aryl methyl sites for hydroxylation is 1. The molecular formula is C20H24N2O7. The highest BCUT2D eigenvalue weighted by Crippen LogP contribution is 2.29. The molecule has 0 fully saturated rings. The number of carbonyl (C=O) groups is 3. The average molecular weight is 404 g/mol. The first kappa shape index (κ1) is 21.8. The molecule has 0 bridgehead atoms. The highest BCUT2D eigenvalue weighted by atomic mass is 16.5. The molecule has 1 aromatic heterocycles. The van der Waals surface area contributed by atoms with Crippen molar-refractivity contribution in [2.45, 2.75) is 20.8 Å². The Kier molecular flexibility index (Phi) is 7.24. The molecule has 29 heavy (non-hydrogen) atoms. The van der Waals surface area contributed by atoms with Crippen LogP contribution < -0.4 is 14.8 Å². The minimum atomic E-state index is -0.747. The van der Waals surface area contributed by atoms with Gasteiger partial charge in [-0.05, 0) is 38.5 Å². The largest absolute Gasteiger partial charge is 0.493 e. The van der Waals surface area contributed by atoms with E-state index in [1.165, 1.54) is 14.2 Å². The fourth-order valence-corrected chi connectivity index (χ4v) is 2.78. The third-order valence-electron chi connectivity index (χ3n) is 4.12. The number of carbonyl (C=O) groups excluding carboxylic acids is 3. The number of anilines is 1. The molecule has 0 aliphatic rings. The number of methoxy groups -OCH3 is 2. The predicted molar refractivity (Wildman–Crippen MR) is 105 cm³/mol. The molecular weight excluding hydrogens is 380 g/mol. The number of hydrogen-bond acceptors (Lipinski definition) is 7. The Labute approximate surface area is 168 Å². The number of esters is 2. The van der Waals surface area contributed by atoms with Crippen LogP contribution in [-0.4, -0.2) is 50.3 Å². The van der Waals surface area contributed by atoms with Crippen molar-refractivity contribution in [1.82, 2.24) is 4.98 Å². The van der Waals surface area contributed by atoms with Gasteiger partial charge < -0.3 is 29.2 Å². The molecule has 2 aromatic rings. The van der Waals surface area contributed by atoms with Gasteiger partial charge in [0.05, 0.1) is 26.4 Å². The summed E-state index contributed by atoms with van der Waals surface area (Å²) in [6.45, 7) is 4.68. The lowest BCUT2D eigenvalue weighted by atomic mass is 10.1. The van der Waals surface area contributed by atoms with Gasteiger partial charge in [-0.1, -0.05) is 0 Å². The van der Waals surface area contributed by atoms with Crippen LogP contribution in [0, 0.1) is 13.8 Å². The first-order valence-corrected chi connectivity index (χ1v) is 8.87. The Bertz CT molecular complexity index is 918.